The van der Waals surface area contributed by atoms with Crippen LogP contribution < -0.4 is 10.1 Å². The maximum Gasteiger partial charge on any atom is 0.273 e. The topological polar surface area (TPSA) is 76.8 Å². The first kappa shape index (κ1) is 22.5. The molecule has 0 aliphatic carbocycles. The molecule has 1 aliphatic heterocycles. The maximum absolute atomic E-state index is 12.8. The van der Waals surface area contributed by atoms with E-state index >= 15 is 0 Å². The zero-order valence-electron chi connectivity index (χ0n) is 18.5. The van der Waals surface area contributed by atoms with Gasteiger partial charge in [-0.1, -0.05) is 25.1 Å². The van der Waals surface area contributed by atoms with Crippen LogP contribution in [0.5, 0.6) is 5.75 Å². The molecule has 3 aromatic rings. The number of benzene rings is 1. The average Bonchev–Trinajstić information content (AvgIpc) is 3.52. The molecule has 1 N–H and O–H groups in total. The lowest BCUT2D eigenvalue weighted by molar-refractivity contribution is 0.0169. The first-order chi connectivity index (χ1) is 15.6. The summed E-state index contributed by atoms with van der Waals surface area (Å²) < 4.78 is 16.6. The molecule has 4 rings (SSSR count). The third kappa shape index (κ3) is 5.76. The lowest BCUT2D eigenvalue weighted by atomic mass is 10.1. The number of carbonyl (C=O) groups is 1. The Hall–Kier alpha value is -2.68. The lowest BCUT2D eigenvalue weighted by Crippen LogP contribution is -2.43. The molecule has 1 aromatic carbocycles. The van der Waals surface area contributed by atoms with E-state index in [9.17, 15) is 4.79 Å². The Kier molecular flexibility index (Phi) is 7.57. The summed E-state index contributed by atoms with van der Waals surface area (Å²) in [4.78, 5) is 16.3. The van der Waals surface area contributed by atoms with Gasteiger partial charge < -0.3 is 19.3 Å². The van der Waals surface area contributed by atoms with Gasteiger partial charge in [-0.15, -0.1) is 11.3 Å². The number of hydrogen-bond acceptors (Lipinski definition) is 7. The molecule has 1 saturated heterocycles. The summed E-state index contributed by atoms with van der Waals surface area (Å²) in [5, 5.41) is 9.07. The molecule has 7 nitrogen and oxygen atoms in total. The van der Waals surface area contributed by atoms with E-state index in [4.69, 9.17) is 14.0 Å². The molecule has 2 aromatic heterocycles. The highest BCUT2D eigenvalue weighted by Crippen LogP contribution is 2.26. The monoisotopic (exact) mass is 455 g/mol. The molecule has 1 amide bonds. The number of morpholine rings is 1. The molecule has 0 unspecified atom stereocenters. The van der Waals surface area contributed by atoms with Gasteiger partial charge in [0.2, 0.25) is 0 Å². The number of ether oxygens (including phenoxy) is 2. The Labute approximate surface area is 192 Å². The first-order valence-corrected chi connectivity index (χ1v) is 11.8. The fraction of sp³-hybridized carbons (Fsp3) is 0.417. The van der Waals surface area contributed by atoms with Gasteiger partial charge in [0.25, 0.3) is 5.91 Å². The summed E-state index contributed by atoms with van der Waals surface area (Å²) >= 11 is 1.70. The minimum absolute atomic E-state index is 0.118. The molecule has 170 valence electrons. The van der Waals surface area contributed by atoms with Crippen molar-refractivity contribution >= 4 is 17.2 Å². The van der Waals surface area contributed by atoms with Crippen LogP contribution in [0.15, 0.2) is 52.4 Å². The number of thiophene rings is 1. The smallest absolute Gasteiger partial charge is 0.273 e. The van der Waals surface area contributed by atoms with Crippen LogP contribution in [0, 0.1) is 5.92 Å². The third-order valence-electron chi connectivity index (χ3n) is 5.28. The summed E-state index contributed by atoms with van der Waals surface area (Å²) in [5.41, 5.74) is 1.12. The zero-order valence-corrected chi connectivity index (χ0v) is 19.3. The Morgan fingerprint density at radius 1 is 1.22 bits per heavy atom. The van der Waals surface area contributed by atoms with Crippen LogP contribution >= 0.6 is 11.3 Å². The molecular weight excluding hydrogens is 426 g/mol. The van der Waals surface area contributed by atoms with Gasteiger partial charge >= 0.3 is 0 Å². The second kappa shape index (κ2) is 10.8. The van der Waals surface area contributed by atoms with Crippen LogP contribution in [0.2, 0.25) is 0 Å². The fourth-order valence-corrected chi connectivity index (χ4v) is 4.42. The summed E-state index contributed by atoms with van der Waals surface area (Å²) in [6.07, 6.45) is 0. The lowest BCUT2D eigenvalue weighted by Gasteiger charge is -2.34. The molecule has 0 saturated carbocycles. The van der Waals surface area contributed by atoms with Crippen LogP contribution in [-0.4, -0.2) is 55.4 Å². The number of aromatic nitrogens is 1. The molecule has 1 atom stereocenters. The second-order valence-electron chi connectivity index (χ2n) is 8.20. The van der Waals surface area contributed by atoms with Crippen molar-refractivity contribution in [3.8, 4) is 17.1 Å². The zero-order chi connectivity index (χ0) is 22.3. The van der Waals surface area contributed by atoms with Gasteiger partial charge in [-0.25, -0.2) is 0 Å². The molecule has 3 heterocycles. The van der Waals surface area contributed by atoms with Gasteiger partial charge in [0.05, 0.1) is 25.9 Å². The molecule has 1 fully saturated rings. The molecule has 0 bridgehead atoms. The van der Waals surface area contributed by atoms with Crippen molar-refractivity contribution in [1.29, 1.82) is 0 Å². The van der Waals surface area contributed by atoms with Crippen molar-refractivity contribution < 1.29 is 18.8 Å². The van der Waals surface area contributed by atoms with Crippen molar-refractivity contribution in [2.45, 2.75) is 19.9 Å². The maximum atomic E-state index is 12.8. The van der Waals surface area contributed by atoms with Crippen LogP contribution in [0.3, 0.4) is 0 Å². The van der Waals surface area contributed by atoms with Crippen molar-refractivity contribution in [1.82, 2.24) is 15.4 Å². The van der Waals surface area contributed by atoms with E-state index in [0.29, 0.717) is 38.0 Å². The number of rotatable bonds is 9. The fourth-order valence-electron chi connectivity index (χ4n) is 3.56. The number of nitrogens with one attached hydrogen (secondary N) is 1. The summed E-state index contributed by atoms with van der Waals surface area (Å²) in [5.74, 6) is 1.58. The van der Waals surface area contributed by atoms with Crippen LogP contribution in [0.1, 0.15) is 35.3 Å². The number of hydrogen-bond donors (Lipinski definition) is 1. The number of carbonyl (C=O) groups excluding carboxylic acids is 1. The van der Waals surface area contributed by atoms with E-state index in [-0.39, 0.29) is 17.6 Å². The van der Waals surface area contributed by atoms with E-state index in [1.807, 2.05) is 30.3 Å². The Balaban J connectivity index is 1.37. The first-order valence-electron chi connectivity index (χ1n) is 10.9. The highest BCUT2D eigenvalue weighted by atomic mass is 32.1. The van der Waals surface area contributed by atoms with Crippen molar-refractivity contribution in [3.63, 3.8) is 0 Å². The predicted molar refractivity (Wildman–Crippen MR) is 124 cm³/mol. The highest BCUT2D eigenvalue weighted by Gasteiger charge is 2.24. The average molecular weight is 456 g/mol. The molecule has 0 radical (unpaired) electrons. The highest BCUT2D eigenvalue weighted by molar-refractivity contribution is 7.10. The van der Waals surface area contributed by atoms with Crippen LogP contribution in [-0.2, 0) is 4.74 Å². The van der Waals surface area contributed by atoms with E-state index in [1.165, 1.54) is 4.88 Å². The normalized spacial score (nSPS) is 15.6. The number of nitrogens with zero attached hydrogens (tertiary/aromatic N) is 2. The van der Waals surface area contributed by atoms with Gasteiger partial charge in [0.15, 0.2) is 11.5 Å². The number of amides is 1. The summed E-state index contributed by atoms with van der Waals surface area (Å²) in [7, 11) is 0. The summed E-state index contributed by atoms with van der Waals surface area (Å²) in [6, 6.07) is 13.5. The van der Waals surface area contributed by atoms with Crippen molar-refractivity contribution in [2.75, 3.05) is 39.5 Å². The standard InChI is InChI=1S/C24H29N3O4S/c1-17(2)16-30-19-7-5-18(6-8-19)22-14-20(26-31-22)24(28)25-15-21(23-4-3-13-32-23)27-9-11-29-12-10-27/h3-8,13-14,17,21H,9-12,15-16H2,1-2H3,(H,25,28)/t21-/m0/s1. The second-order valence-corrected chi connectivity index (χ2v) is 9.17. The van der Waals surface area contributed by atoms with Crippen molar-refractivity contribution in [2.24, 2.45) is 5.92 Å². The predicted octanol–water partition coefficient (Wildman–Crippen LogP) is 4.24. The Morgan fingerprint density at radius 3 is 2.69 bits per heavy atom. The van der Waals surface area contributed by atoms with E-state index in [2.05, 4.69) is 40.7 Å². The Morgan fingerprint density at radius 2 is 2.00 bits per heavy atom. The largest absolute Gasteiger partial charge is 0.493 e. The minimum Gasteiger partial charge on any atom is -0.493 e. The van der Waals surface area contributed by atoms with Gasteiger partial charge in [0.1, 0.15) is 5.75 Å². The SMILES string of the molecule is CC(C)COc1ccc(-c2cc(C(=O)NC[C@@H](c3cccs3)N3CCOCC3)no2)cc1. The molecule has 8 heteroatoms. The molecule has 32 heavy (non-hydrogen) atoms. The van der Waals surface area contributed by atoms with Gasteiger partial charge in [-0.2, -0.15) is 0 Å². The van der Waals surface area contributed by atoms with Crippen LogP contribution in [0.25, 0.3) is 11.3 Å². The third-order valence-corrected chi connectivity index (χ3v) is 6.25. The van der Waals surface area contributed by atoms with Crippen LogP contribution in [0.4, 0.5) is 0 Å². The summed E-state index contributed by atoms with van der Waals surface area (Å²) in [6.45, 7) is 8.52. The molecule has 0 spiro atoms. The van der Waals surface area contributed by atoms with E-state index < -0.39 is 0 Å². The van der Waals surface area contributed by atoms with E-state index in [1.54, 1.807) is 17.4 Å². The molecule has 1 aliphatic rings. The van der Waals surface area contributed by atoms with Gasteiger partial charge in [-0.05, 0) is 41.6 Å². The van der Waals surface area contributed by atoms with Gasteiger partial charge in [-0.3, -0.25) is 9.69 Å². The van der Waals surface area contributed by atoms with Gasteiger partial charge in [0, 0.05) is 36.1 Å². The molecular formula is C24H29N3O4S. The quantitative estimate of drug-likeness (QED) is 0.520. The van der Waals surface area contributed by atoms with Crippen molar-refractivity contribution in [3.05, 3.63) is 58.4 Å². The minimum atomic E-state index is -0.244. The Bertz CT molecular complexity index is 979. The van der Waals surface area contributed by atoms with E-state index in [0.717, 1.165) is 24.4 Å².